The fourth-order valence-corrected chi connectivity index (χ4v) is 4.43. The molecule has 0 saturated heterocycles. The fraction of sp³-hybridized carbons (Fsp3) is 0.440. The summed E-state index contributed by atoms with van der Waals surface area (Å²) >= 11 is 0. The van der Waals surface area contributed by atoms with E-state index in [4.69, 9.17) is 0 Å². The Bertz CT molecular complexity index is 1110. The molecule has 0 aliphatic carbocycles. The molecule has 0 aliphatic rings. The highest BCUT2D eigenvalue weighted by atomic mass is 32.2. The third-order valence-electron chi connectivity index (χ3n) is 5.79. The van der Waals surface area contributed by atoms with Crippen LogP contribution in [-0.4, -0.2) is 50.0 Å². The Hall–Kier alpha value is -2.94. The van der Waals surface area contributed by atoms with Crippen molar-refractivity contribution in [1.82, 2.24) is 10.2 Å². The molecule has 2 rings (SSSR count). The summed E-state index contributed by atoms with van der Waals surface area (Å²) in [4.78, 5) is 28.0. The van der Waals surface area contributed by atoms with Crippen LogP contribution in [0, 0.1) is 12.7 Å². The fourth-order valence-electron chi connectivity index (χ4n) is 3.58. The van der Waals surface area contributed by atoms with Gasteiger partial charge in [0.05, 0.1) is 11.9 Å². The minimum atomic E-state index is -3.98. The predicted octanol–water partition coefficient (Wildman–Crippen LogP) is 3.62. The molecule has 0 radical (unpaired) electrons. The Morgan fingerprint density at radius 1 is 1.03 bits per heavy atom. The van der Waals surface area contributed by atoms with Crippen LogP contribution in [0.1, 0.15) is 44.7 Å². The van der Waals surface area contributed by atoms with Gasteiger partial charge in [-0.1, -0.05) is 50.2 Å². The molecular formula is C25H34FN3O4S. The number of benzene rings is 2. The van der Waals surface area contributed by atoms with Crippen LogP contribution in [0.15, 0.2) is 48.5 Å². The molecule has 2 aromatic carbocycles. The zero-order chi connectivity index (χ0) is 25.5. The van der Waals surface area contributed by atoms with Gasteiger partial charge in [-0.25, -0.2) is 12.8 Å². The van der Waals surface area contributed by atoms with Gasteiger partial charge in [0.1, 0.15) is 18.4 Å². The number of halogens is 1. The average molecular weight is 492 g/mol. The van der Waals surface area contributed by atoms with Gasteiger partial charge in [-0.2, -0.15) is 0 Å². The van der Waals surface area contributed by atoms with E-state index >= 15 is 0 Å². The number of rotatable bonds is 11. The first-order valence-corrected chi connectivity index (χ1v) is 13.2. The maximum atomic E-state index is 14.5. The average Bonchev–Trinajstić information content (AvgIpc) is 2.78. The summed E-state index contributed by atoms with van der Waals surface area (Å²) in [7, 11) is -3.98. The third-order valence-corrected chi connectivity index (χ3v) is 6.92. The van der Waals surface area contributed by atoms with E-state index in [2.05, 4.69) is 5.32 Å². The number of nitrogens with zero attached hydrogens (tertiary/aromatic N) is 2. The van der Waals surface area contributed by atoms with E-state index in [0.29, 0.717) is 6.42 Å². The molecular weight excluding hydrogens is 457 g/mol. The molecule has 2 aromatic rings. The largest absolute Gasteiger partial charge is 0.352 e. The molecule has 186 valence electrons. The smallest absolute Gasteiger partial charge is 0.244 e. The topological polar surface area (TPSA) is 86.8 Å². The van der Waals surface area contributed by atoms with E-state index in [-0.39, 0.29) is 24.2 Å². The molecule has 0 aromatic heterocycles. The van der Waals surface area contributed by atoms with Crippen molar-refractivity contribution < 1.29 is 22.4 Å². The van der Waals surface area contributed by atoms with Crippen LogP contribution < -0.4 is 9.62 Å². The highest BCUT2D eigenvalue weighted by molar-refractivity contribution is 7.92. The van der Waals surface area contributed by atoms with Crippen molar-refractivity contribution in [2.45, 2.75) is 59.2 Å². The van der Waals surface area contributed by atoms with Gasteiger partial charge in [-0.15, -0.1) is 0 Å². The molecule has 2 atom stereocenters. The van der Waals surface area contributed by atoms with Gasteiger partial charge in [0.25, 0.3) is 0 Å². The number of aryl methyl sites for hydroxylation is 1. The molecule has 0 aliphatic heterocycles. The second-order valence-corrected chi connectivity index (χ2v) is 10.3. The lowest BCUT2D eigenvalue weighted by atomic mass is 10.1. The van der Waals surface area contributed by atoms with Gasteiger partial charge in [0.2, 0.25) is 21.8 Å². The van der Waals surface area contributed by atoms with Crippen molar-refractivity contribution in [2.75, 3.05) is 17.1 Å². The molecule has 1 N–H and O–H groups in total. The second kappa shape index (κ2) is 12.0. The van der Waals surface area contributed by atoms with Crippen molar-refractivity contribution in [3.8, 4) is 0 Å². The maximum Gasteiger partial charge on any atom is 0.244 e. The van der Waals surface area contributed by atoms with Gasteiger partial charge >= 0.3 is 0 Å². The van der Waals surface area contributed by atoms with Crippen LogP contribution in [0.3, 0.4) is 0 Å². The van der Waals surface area contributed by atoms with Crippen molar-refractivity contribution in [1.29, 1.82) is 0 Å². The molecule has 7 nitrogen and oxygen atoms in total. The number of para-hydroxylation sites is 1. The molecule has 0 heterocycles. The van der Waals surface area contributed by atoms with Gasteiger partial charge in [0, 0.05) is 12.6 Å². The summed E-state index contributed by atoms with van der Waals surface area (Å²) in [5.74, 6) is -1.66. The summed E-state index contributed by atoms with van der Waals surface area (Å²) in [6, 6.07) is 12.0. The molecule has 34 heavy (non-hydrogen) atoms. The van der Waals surface area contributed by atoms with Crippen molar-refractivity contribution >= 4 is 27.5 Å². The number of hydrogen-bond acceptors (Lipinski definition) is 4. The quantitative estimate of drug-likeness (QED) is 0.520. The standard InChI is InChI=1S/C25H34FN3O4S/c1-6-19(4)27-25(31)22(7-2)28(16-20-13-9-8-12-18(20)3)24(30)17-29(34(5,32)33)23-15-11-10-14-21(23)26/h8-15,19,22H,6-7,16-17H2,1-5H3,(H,27,31)/t19-,22+/m0/s1. The lowest BCUT2D eigenvalue weighted by Gasteiger charge is -2.33. The van der Waals surface area contributed by atoms with Crippen molar-refractivity contribution in [2.24, 2.45) is 0 Å². The van der Waals surface area contributed by atoms with E-state index < -0.39 is 34.3 Å². The number of carbonyl (C=O) groups excluding carboxylic acids is 2. The second-order valence-electron chi connectivity index (χ2n) is 8.41. The Morgan fingerprint density at radius 2 is 1.65 bits per heavy atom. The minimum absolute atomic E-state index is 0.0807. The first-order valence-electron chi connectivity index (χ1n) is 11.4. The monoisotopic (exact) mass is 491 g/mol. The van der Waals surface area contributed by atoms with E-state index in [1.165, 1.54) is 23.1 Å². The number of sulfonamides is 1. The molecule has 2 amide bonds. The maximum absolute atomic E-state index is 14.5. The summed E-state index contributed by atoms with van der Waals surface area (Å²) in [6.07, 6.45) is 1.98. The van der Waals surface area contributed by atoms with Crippen molar-refractivity contribution in [3.05, 3.63) is 65.5 Å². The van der Waals surface area contributed by atoms with Crippen LogP contribution in [0.5, 0.6) is 0 Å². The number of nitrogens with one attached hydrogen (secondary N) is 1. The molecule has 0 fully saturated rings. The molecule has 0 bridgehead atoms. The van der Waals surface area contributed by atoms with E-state index in [1.807, 2.05) is 45.0 Å². The van der Waals surface area contributed by atoms with E-state index in [9.17, 15) is 22.4 Å². The minimum Gasteiger partial charge on any atom is -0.352 e. The van der Waals surface area contributed by atoms with E-state index in [1.54, 1.807) is 6.92 Å². The first-order chi connectivity index (χ1) is 16.0. The summed E-state index contributed by atoms with van der Waals surface area (Å²) in [5.41, 5.74) is 1.56. The molecule has 0 spiro atoms. The number of anilines is 1. The Labute approximate surface area is 202 Å². The zero-order valence-corrected chi connectivity index (χ0v) is 21.2. The van der Waals surface area contributed by atoms with Gasteiger partial charge in [-0.3, -0.25) is 13.9 Å². The van der Waals surface area contributed by atoms with Gasteiger partial charge in [-0.05, 0) is 49.9 Å². The highest BCUT2D eigenvalue weighted by Gasteiger charge is 2.32. The number of carbonyl (C=O) groups is 2. The van der Waals surface area contributed by atoms with Crippen LogP contribution in [0.4, 0.5) is 10.1 Å². The first kappa shape index (κ1) is 27.3. The van der Waals surface area contributed by atoms with Gasteiger partial charge < -0.3 is 10.2 Å². The zero-order valence-electron chi connectivity index (χ0n) is 20.4. The van der Waals surface area contributed by atoms with Gasteiger partial charge in [0.15, 0.2) is 0 Å². The Balaban J connectivity index is 2.47. The highest BCUT2D eigenvalue weighted by Crippen LogP contribution is 2.23. The molecule has 0 unspecified atom stereocenters. The predicted molar refractivity (Wildman–Crippen MR) is 132 cm³/mol. The summed E-state index contributed by atoms with van der Waals surface area (Å²) in [6.45, 7) is 7.01. The van der Waals surface area contributed by atoms with Crippen molar-refractivity contribution in [3.63, 3.8) is 0 Å². The number of hydrogen-bond donors (Lipinski definition) is 1. The lowest BCUT2D eigenvalue weighted by molar-refractivity contribution is -0.140. The normalized spacial score (nSPS) is 13.1. The molecule has 0 saturated carbocycles. The third kappa shape index (κ3) is 7.03. The Kier molecular flexibility index (Phi) is 9.61. The van der Waals surface area contributed by atoms with Crippen LogP contribution in [0.2, 0.25) is 0 Å². The molecule has 9 heteroatoms. The SMILES string of the molecule is CC[C@H](C(=O)N[C@@H](C)CC)N(Cc1ccccc1C)C(=O)CN(c1ccccc1F)S(C)(=O)=O. The lowest BCUT2D eigenvalue weighted by Crippen LogP contribution is -2.53. The van der Waals surface area contributed by atoms with E-state index in [0.717, 1.165) is 34.2 Å². The van der Waals surface area contributed by atoms with Crippen LogP contribution in [0.25, 0.3) is 0 Å². The number of amides is 2. The summed E-state index contributed by atoms with van der Waals surface area (Å²) in [5, 5.41) is 2.92. The summed E-state index contributed by atoms with van der Waals surface area (Å²) < 4.78 is 40.2. The van der Waals surface area contributed by atoms with Crippen LogP contribution >= 0.6 is 0 Å². The van der Waals surface area contributed by atoms with Crippen LogP contribution in [-0.2, 0) is 26.2 Å². The Morgan fingerprint density at radius 3 is 2.21 bits per heavy atom.